The van der Waals surface area contributed by atoms with Crippen molar-refractivity contribution in [3.8, 4) is 6.07 Å². The van der Waals surface area contributed by atoms with E-state index in [-0.39, 0.29) is 23.7 Å². The number of ether oxygens (including phenoxy) is 1. The number of hydrogen-bond acceptors (Lipinski definition) is 4. The summed E-state index contributed by atoms with van der Waals surface area (Å²) in [6, 6.07) is 14.2. The van der Waals surface area contributed by atoms with Gasteiger partial charge < -0.3 is 19.2 Å². The van der Waals surface area contributed by atoms with Gasteiger partial charge in [-0.25, -0.2) is 0 Å². The third-order valence-electron chi connectivity index (χ3n) is 5.58. The summed E-state index contributed by atoms with van der Waals surface area (Å²) in [7, 11) is 1.65. The molecule has 34 heavy (non-hydrogen) atoms. The van der Waals surface area contributed by atoms with Gasteiger partial charge in [0.2, 0.25) is 0 Å². The van der Waals surface area contributed by atoms with Gasteiger partial charge in [-0.2, -0.15) is 5.26 Å². The van der Waals surface area contributed by atoms with Crippen LogP contribution in [-0.4, -0.2) is 28.8 Å². The van der Waals surface area contributed by atoms with E-state index in [1.807, 2.05) is 51.1 Å². The number of nitrogens with zero attached hydrogens (tertiary/aromatic N) is 3. The number of nitriles is 1. The van der Waals surface area contributed by atoms with Gasteiger partial charge in [0, 0.05) is 35.8 Å². The van der Waals surface area contributed by atoms with Gasteiger partial charge in [0.15, 0.2) is 0 Å². The van der Waals surface area contributed by atoms with Gasteiger partial charge in [0.25, 0.3) is 11.5 Å². The molecule has 0 aliphatic carbocycles. The zero-order valence-corrected chi connectivity index (χ0v) is 20.4. The molecular formula is C26H27ClN4O3. The molecule has 0 saturated heterocycles. The number of amides is 1. The second kappa shape index (κ2) is 11.0. The number of hydrogen-bond donors (Lipinski definition) is 1. The average molecular weight is 479 g/mol. The van der Waals surface area contributed by atoms with Crippen molar-refractivity contribution in [3.63, 3.8) is 0 Å². The summed E-state index contributed by atoms with van der Waals surface area (Å²) in [6.45, 7) is 6.78. The highest BCUT2D eigenvalue weighted by Gasteiger charge is 2.16. The zero-order valence-electron chi connectivity index (χ0n) is 19.6. The molecule has 3 aromatic rings. The number of carbonyl (C=O) groups excluding carboxylic acids is 1. The summed E-state index contributed by atoms with van der Waals surface area (Å²) >= 11 is 6.21. The fraction of sp³-hybridized carbons (Fsp3) is 0.269. The largest absolute Gasteiger partial charge is 0.383 e. The number of rotatable bonds is 8. The van der Waals surface area contributed by atoms with Crippen molar-refractivity contribution in [1.29, 1.82) is 5.26 Å². The van der Waals surface area contributed by atoms with Crippen molar-refractivity contribution in [3.05, 3.63) is 92.1 Å². The molecule has 1 N–H and O–H groups in total. The molecule has 0 aliphatic heterocycles. The topological polar surface area (TPSA) is 89.1 Å². The van der Waals surface area contributed by atoms with Crippen LogP contribution in [0.4, 0.5) is 5.69 Å². The van der Waals surface area contributed by atoms with Crippen molar-refractivity contribution in [2.75, 3.05) is 19.0 Å². The molecule has 8 heteroatoms. The SMILES string of the molecule is COCC(C)n1c(C)cc(/C=C(\C#N)C(=O)Nc2ccc(=O)n(Cc3ccccc3Cl)c2)c1C. The standard InChI is InChI=1S/C26H27ClN4O3/c1-17-11-21(19(3)31(17)18(2)16-34-4)12-22(13-28)26(33)29-23-9-10-25(32)30(15-23)14-20-7-5-6-8-24(20)27/h5-12,15,18H,14,16H2,1-4H3,(H,29,33)/b22-12+. The number of benzene rings is 1. The van der Waals surface area contributed by atoms with Gasteiger partial charge in [-0.1, -0.05) is 29.8 Å². The highest BCUT2D eigenvalue weighted by Crippen LogP contribution is 2.23. The van der Waals surface area contributed by atoms with Crippen LogP contribution in [0.5, 0.6) is 0 Å². The van der Waals surface area contributed by atoms with Crippen LogP contribution in [-0.2, 0) is 16.1 Å². The summed E-state index contributed by atoms with van der Waals surface area (Å²) in [6.07, 6.45) is 3.12. The maximum absolute atomic E-state index is 12.9. The number of anilines is 1. The minimum atomic E-state index is -0.555. The molecule has 2 heterocycles. The van der Waals surface area contributed by atoms with Crippen molar-refractivity contribution in [2.45, 2.75) is 33.4 Å². The first-order chi connectivity index (χ1) is 16.2. The first kappa shape index (κ1) is 25.0. The number of nitrogens with one attached hydrogen (secondary N) is 1. The van der Waals surface area contributed by atoms with E-state index < -0.39 is 5.91 Å². The minimum Gasteiger partial charge on any atom is -0.383 e. The molecule has 0 radical (unpaired) electrons. The van der Waals surface area contributed by atoms with Crippen LogP contribution in [0.25, 0.3) is 6.08 Å². The fourth-order valence-electron chi connectivity index (χ4n) is 3.98. The second-order valence-electron chi connectivity index (χ2n) is 8.10. The Morgan fingerprint density at radius 1 is 1.26 bits per heavy atom. The van der Waals surface area contributed by atoms with Crippen molar-refractivity contribution in [1.82, 2.24) is 9.13 Å². The summed E-state index contributed by atoms with van der Waals surface area (Å²) in [4.78, 5) is 25.2. The molecule has 0 aliphatic rings. The van der Waals surface area contributed by atoms with E-state index in [0.29, 0.717) is 17.3 Å². The molecule has 176 valence electrons. The third-order valence-corrected chi connectivity index (χ3v) is 5.95. The van der Waals surface area contributed by atoms with Gasteiger partial charge in [-0.15, -0.1) is 0 Å². The van der Waals surface area contributed by atoms with Gasteiger partial charge >= 0.3 is 0 Å². The minimum absolute atomic E-state index is 0.0384. The smallest absolute Gasteiger partial charge is 0.266 e. The van der Waals surface area contributed by atoms with Crippen LogP contribution >= 0.6 is 11.6 Å². The fourth-order valence-corrected chi connectivity index (χ4v) is 4.18. The van der Waals surface area contributed by atoms with E-state index >= 15 is 0 Å². The van der Waals surface area contributed by atoms with Crippen LogP contribution in [0, 0.1) is 25.2 Å². The Bertz CT molecular complexity index is 1330. The Morgan fingerprint density at radius 2 is 2.00 bits per heavy atom. The number of pyridine rings is 1. The van der Waals surface area contributed by atoms with Crippen LogP contribution < -0.4 is 10.9 Å². The molecule has 1 amide bonds. The maximum atomic E-state index is 12.9. The predicted molar refractivity (Wildman–Crippen MR) is 134 cm³/mol. The molecular weight excluding hydrogens is 452 g/mol. The summed E-state index contributed by atoms with van der Waals surface area (Å²) in [5.74, 6) is -0.555. The Kier molecular flexibility index (Phi) is 8.11. The number of methoxy groups -OCH3 is 1. The molecule has 1 atom stereocenters. The summed E-state index contributed by atoms with van der Waals surface area (Å²) in [5.41, 5.74) is 3.65. The molecule has 0 spiro atoms. The van der Waals surface area contributed by atoms with E-state index in [9.17, 15) is 14.9 Å². The second-order valence-corrected chi connectivity index (χ2v) is 8.51. The number of halogens is 1. The third kappa shape index (κ3) is 5.66. The van der Waals surface area contributed by atoms with Gasteiger partial charge in [-0.3, -0.25) is 9.59 Å². The van der Waals surface area contributed by atoms with Crippen LogP contribution in [0.3, 0.4) is 0 Å². The van der Waals surface area contributed by atoms with Gasteiger partial charge in [0.05, 0.1) is 24.9 Å². The quantitative estimate of drug-likeness (QED) is 0.374. The van der Waals surface area contributed by atoms with Gasteiger partial charge in [-0.05, 0) is 56.2 Å². The lowest BCUT2D eigenvalue weighted by Gasteiger charge is -2.17. The molecule has 3 rings (SSSR count). The first-order valence-electron chi connectivity index (χ1n) is 10.8. The average Bonchev–Trinajstić information content (AvgIpc) is 3.08. The zero-order chi connectivity index (χ0) is 24.8. The number of aryl methyl sites for hydroxylation is 1. The normalized spacial score (nSPS) is 12.3. The van der Waals surface area contributed by atoms with Crippen LogP contribution in [0.15, 0.2) is 59.0 Å². The Hall–Kier alpha value is -3.60. The molecule has 1 unspecified atom stereocenters. The molecule has 0 saturated carbocycles. The van der Waals surface area contributed by atoms with Crippen LogP contribution in [0.1, 0.15) is 35.5 Å². The van der Waals surface area contributed by atoms with E-state index in [0.717, 1.165) is 22.5 Å². The van der Waals surface area contributed by atoms with Crippen molar-refractivity contribution in [2.24, 2.45) is 0 Å². The predicted octanol–water partition coefficient (Wildman–Crippen LogP) is 4.72. The Balaban J connectivity index is 1.84. The first-order valence-corrected chi connectivity index (χ1v) is 11.2. The molecule has 7 nitrogen and oxygen atoms in total. The van der Waals surface area contributed by atoms with E-state index in [1.165, 1.54) is 22.9 Å². The maximum Gasteiger partial charge on any atom is 0.266 e. The van der Waals surface area contributed by atoms with Gasteiger partial charge in [0.1, 0.15) is 11.6 Å². The monoisotopic (exact) mass is 478 g/mol. The summed E-state index contributed by atoms with van der Waals surface area (Å²) < 4.78 is 8.84. The highest BCUT2D eigenvalue weighted by atomic mass is 35.5. The highest BCUT2D eigenvalue weighted by molar-refractivity contribution is 6.31. The van der Waals surface area contributed by atoms with Crippen LogP contribution in [0.2, 0.25) is 5.02 Å². The number of aromatic nitrogens is 2. The molecule has 2 aromatic heterocycles. The summed E-state index contributed by atoms with van der Waals surface area (Å²) in [5, 5.41) is 12.9. The Morgan fingerprint density at radius 3 is 2.68 bits per heavy atom. The lowest BCUT2D eigenvalue weighted by molar-refractivity contribution is -0.112. The Labute approximate surface area is 203 Å². The van der Waals surface area contributed by atoms with E-state index in [1.54, 1.807) is 19.3 Å². The lowest BCUT2D eigenvalue weighted by atomic mass is 10.1. The van der Waals surface area contributed by atoms with Crippen molar-refractivity contribution >= 4 is 29.3 Å². The molecule has 0 fully saturated rings. The van der Waals surface area contributed by atoms with E-state index in [4.69, 9.17) is 16.3 Å². The lowest BCUT2D eigenvalue weighted by Crippen LogP contribution is -2.21. The molecule has 1 aromatic carbocycles. The molecule has 0 bridgehead atoms. The van der Waals surface area contributed by atoms with Crippen molar-refractivity contribution < 1.29 is 9.53 Å². The van der Waals surface area contributed by atoms with E-state index in [2.05, 4.69) is 9.88 Å². The number of carbonyl (C=O) groups is 1.